The summed E-state index contributed by atoms with van der Waals surface area (Å²) in [6.45, 7) is 4.78. The van der Waals surface area contributed by atoms with Gasteiger partial charge in [-0.3, -0.25) is 9.59 Å². The number of carboxylic acids is 1. The second-order valence-electron chi connectivity index (χ2n) is 11.5. The lowest BCUT2D eigenvalue weighted by atomic mass is 9.99. The van der Waals surface area contributed by atoms with Crippen LogP contribution < -0.4 is 4.90 Å². The van der Waals surface area contributed by atoms with Gasteiger partial charge in [0.15, 0.2) is 0 Å². The molecule has 2 heterocycles. The fraction of sp³-hybridized carbons (Fsp3) is 0.314. The third-order valence-electron chi connectivity index (χ3n) is 8.05. The molecule has 0 radical (unpaired) electrons. The van der Waals surface area contributed by atoms with Crippen molar-refractivity contribution in [2.45, 2.75) is 58.0 Å². The molecule has 44 heavy (non-hydrogen) atoms. The Kier molecular flexibility index (Phi) is 10.2. The van der Waals surface area contributed by atoms with E-state index in [1.54, 1.807) is 30.5 Å². The Labute approximate surface area is 268 Å². The molecule has 7 nitrogen and oxygen atoms in total. The van der Waals surface area contributed by atoms with Crippen LogP contribution in [0, 0.1) is 0 Å². The monoisotopic (exact) mass is 630 g/mol. The molecule has 0 bridgehead atoms. The molecule has 0 aliphatic carbocycles. The summed E-state index contributed by atoms with van der Waals surface area (Å²) in [5.74, 6) is -0.520. The van der Waals surface area contributed by atoms with Gasteiger partial charge in [0.1, 0.15) is 6.54 Å². The number of carbonyl (C=O) groups is 2. The topological polar surface area (TPSA) is 86.6 Å². The van der Waals surface area contributed by atoms with Gasteiger partial charge in [-0.15, -0.1) is 0 Å². The largest absolute Gasteiger partial charge is 0.480 e. The quantitative estimate of drug-likeness (QED) is 0.182. The number of nitrogens with zero attached hydrogens (tertiary/aromatic N) is 4. The van der Waals surface area contributed by atoms with Gasteiger partial charge in [-0.1, -0.05) is 85.6 Å². The molecule has 0 saturated carbocycles. The molecule has 0 spiro atoms. The lowest BCUT2D eigenvalue weighted by Crippen LogP contribution is -2.36. The molecular weight excluding hydrogens is 595 g/mol. The maximum Gasteiger partial charge on any atom is 0.323 e. The number of aromatic nitrogens is 2. The number of carbonyl (C=O) groups excluding carboxylic acids is 1. The van der Waals surface area contributed by atoms with Crippen molar-refractivity contribution >= 4 is 41.0 Å². The first kappa shape index (κ1) is 31.5. The summed E-state index contributed by atoms with van der Waals surface area (Å²) in [5, 5.41) is 10.9. The maximum atomic E-state index is 14.0. The number of carboxylic acid groups (broad SMARTS) is 1. The number of aliphatic carboxylic acids is 1. The number of benzene rings is 3. The number of amides is 1. The van der Waals surface area contributed by atoms with E-state index in [-0.39, 0.29) is 12.6 Å². The van der Waals surface area contributed by atoms with Crippen molar-refractivity contribution in [2.75, 3.05) is 18.0 Å². The zero-order chi connectivity index (χ0) is 31.2. The first-order valence-electron chi connectivity index (χ1n) is 14.9. The molecule has 3 aromatic carbocycles. The van der Waals surface area contributed by atoms with Crippen molar-refractivity contribution in [1.29, 1.82) is 0 Å². The van der Waals surface area contributed by atoms with Gasteiger partial charge in [0.25, 0.3) is 5.91 Å². The van der Waals surface area contributed by atoms with E-state index in [4.69, 9.17) is 28.2 Å². The summed E-state index contributed by atoms with van der Waals surface area (Å²) in [6.07, 6.45) is 4.68. The van der Waals surface area contributed by atoms with Crippen LogP contribution in [0.5, 0.6) is 0 Å². The number of hydrogen-bond donors (Lipinski definition) is 1. The highest BCUT2D eigenvalue weighted by molar-refractivity contribution is 6.30. The van der Waals surface area contributed by atoms with Crippen LogP contribution in [0.25, 0.3) is 0 Å². The van der Waals surface area contributed by atoms with Gasteiger partial charge < -0.3 is 14.9 Å². The Balaban J connectivity index is 1.47. The lowest BCUT2D eigenvalue weighted by molar-refractivity contribution is -0.137. The number of aryl methyl sites for hydroxylation is 2. The Morgan fingerprint density at radius 1 is 0.932 bits per heavy atom. The van der Waals surface area contributed by atoms with Crippen LogP contribution in [0.1, 0.15) is 77.0 Å². The van der Waals surface area contributed by atoms with Crippen LogP contribution in [0.3, 0.4) is 0 Å². The molecule has 5 rings (SSSR count). The average molecular weight is 632 g/mol. The summed E-state index contributed by atoms with van der Waals surface area (Å²) in [4.78, 5) is 39.0. The van der Waals surface area contributed by atoms with Crippen LogP contribution in [0.4, 0.5) is 5.95 Å². The van der Waals surface area contributed by atoms with E-state index in [9.17, 15) is 14.7 Å². The summed E-state index contributed by atoms with van der Waals surface area (Å²) in [5.41, 5.74) is 5.22. The third-order valence-corrected chi connectivity index (χ3v) is 8.55. The second kappa shape index (κ2) is 14.2. The van der Waals surface area contributed by atoms with Gasteiger partial charge in [0.05, 0.1) is 17.3 Å². The van der Waals surface area contributed by atoms with E-state index in [1.807, 2.05) is 24.3 Å². The number of rotatable bonds is 11. The molecule has 1 aliphatic rings. The van der Waals surface area contributed by atoms with Crippen LogP contribution >= 0.6 is 23.2 Å². The highest BCUT2D eigenvalue weighted by Crippen LogP contribution is 2.35. The Bertz CT molecular complexity index is 1590. The third kappa shape index (κ3) is 7.76. The summed E-state index contributed by atoms with van der Waals surface area (Å²) in [7, 11) is 0. The van der Waals surface area contributed by atoms with Crippen molar-refractivity contribution in [1.82, 2.24) is 14.9 Å². The molecule has 1 fully saturated rings. The maximum absolute atomic E-state index is 14.0. The molecule has 1 N–H and O–H groups in total. The van der Waals surface area contributed by atoms with Crippen molar-refractivity contribution in [3.63, 3.8) is 0 Å². The fourth-order valence-corrected chi connectivity index (χ4v) is 5.88. The minimum absolute atomic E-state index is 0.0960. The summed E-state index contributed by atoms with van der Waals surface area (Å²) < 4.78 is 0. The van der Waals surface area contributed by atoms with Crippen LogP contribution in [-0.2, 0) is 24.2 Å². The van der Waals surface area contributed by atoms with E-state index in [1.165, 1.54) is 10.5 Å². The molecule has 4 aromatic rings. The predicted molar refractivity (Wildman–Crippen MR) is 175 cm³/mol. The minimum atomic E-state index is -1.10. The smallest absolute Gasteiger partial charge is 0.323 e. The molecule has 1 aromatic heterocycles. The number of hydrogen-bond acceptors (Lipinski definition) is 5. The van der Waals surface area contributed by atoms with Crippen molar-refractivity contribution in [3.05, 3.63) is 123 Å². The van der Waals surface area contributed by atoms with E-state index in [0.29, 0.717) is 46.0 Å². The van der Waals surface area contributed by atoms with Crippen LogP contribution in [-0.4, -0.2) is 44.9 Å². The number of halogens is 2. The fourth-order valence-electron chi connectivity index (χ4n) is 5.63. The number of anilines is 1. The van der Waals surface area contributed by atoms with E-state index < -0.39 is 18.4 Å². The van der Waals surface area contributed by atoms with Gasteiger partial charge in [-0.2, -0.15) is 0 Å². The highest BCUT2D eigenvalue weighted by atomic mass is 35.5. The van der Waals surface area contributed by atoms with E-state index in [2.05, 4.69) is 48.0 Å². The van der Waals surface area contributed by atoms with Gasteiger partial charge in [-0.25, -0.2) is 9.97 Å². The summed E-state index contributed by atoms with van der Waals surface area (Å²) >= 11 is 12.2. The molecule has 1 amide bonds. The molecule has 1 unspecified atom stereocenters. The van der Waals surface area contributed by atoms with E-state index in [0.717, 1.165) is 36.1 Å². The van der Waals surface area contributed by atoms with Gasteiger partial charge in [0.2, 0.25) is 5.95 Å². The van der Waals surface area contributed by atoms with Gasteiger partial charge >= 0.3 is 5.97 Å². The Morgan fingerprint density at radius 2 is 1.57 bits per heavy atom. The molecular formula is C35H36Cl2N4O3. The molecule has 228 valence electrons. The van der Waals surface area contributed by atoms with Crippen molar-refractivity contribution in [3.8, 4) is 0 Å². The van der Waals surface area contributed by atoms with E-state index >= 15 is 0 Å². The second-order valence-corrected chi connectivity index (χ2v) is 12.4. The minimum Gasteiger partial charge on any atom is -0.480 e. The molecule has 1 aliphatic heterocycles. The van der Waals surface area contributed by atoms with Crippen molar-refractivity contribution in [2.24, 2.45) is 0 Å². The van der Waals surface area contributed by atoms with Crippen molar-refractivity contribution < 1.29 is 14.7 Å². The molecule has 1 atom stereocenters. The predicted octanol–water partition coefficient (Wildman–Crippen LogP) is 7.76. The average Bonchev–Trinajstić information content (AvgIpc) is 3.51. The molecule has 9 heteroatoms. The molecule has 1 saturated heterocycles. The van der Waals surface area contributed by atoms with Gasteiger partial charge in [0, 0.05) is 29.3 Å². The Morgan fingerprint density at radius 3 is 2.20 bits per heavy atom. The zero-order valence-corrected chi connectivity index (χ0v) is 26.4. The standard InChI is InChI=1S/C35H36Cl2N4O3/c1-23(2)26-10-5-24(6-11-26)9-18-31-30(34(44)40(22-33(42)43)21-25-7-14-28(36)15-8-25)20-38-35(39-31)41-19-3-4-32(41)27-12-16-29(37)17-13-27/h5-8,10-17,20,23,32H,3-4,9,18-19,21-22H2,1-2H3,(H,42,43). The van der Waals surface area contributed by atoms with Crippen LogP contribution in [0.2, 0.25) is 10.0 Å². The zero-order valence-electron chi connectivity index (χ0n) is 24.9. The lowest BCUT2D eigenvalue weighted by Gasteiger charge is -2.27. The SMILES string of the molecule is CC(C)c1ccc(CCc2nc(N3CCCC3c3ccc(Cl)cc3)ncc2C(=O)N(CC(=O)O)Cc2ccc(Cl)cc2)cc1. The first-order chi connectivity index (χ1) is 21.2. The Hall–Kier alpha value is -3.94. The van der Waals surface area contributed by atoms with Gasteiger partial charge in [-0.05, 0) is 78.1 Å². The first-order valence-corrected chi connectivity index (χ1v) is 15.7. The van der Waals surface area contributed by atoms with Crippen LogP contribution in [0.15, 0.2) is 79.0 Å². The summed E-state index contributed by atoms with van der Waals surface area (Å²) in [6, 6.07) is 23.5. The normalized spacial score (nSPS) is 14.7. The highest BCUT2D eigenvalue weighted by Gasteiger charge is 2.30.